The number of nitrogens with one attached hydrogen (secondary N) is 1. The number of para-hydroxylation sites is 1. The first kappa shape index (κ1) is 21.8. The highest BCUT2D eigenvalue weighted by molar-refractivity contribution is 6.30. The van der Waals surface area contributed by atoms with E-state index in [0.29, 0.717) is 23.7 Å². The second-order valence-corrected chi connectivity index (χ2v) is 7.67. The van der Waals surface area contributed by atoms with Crippen LogP contribution in [0.5, 0.6) is 0 Å². The summed E-state index contributed by atoms with van der Waals surface area (Å²) in [5.74, 6) is -0.284. The van der Waals surface area contributed by atoms with Crippen molar-refractivity contribution in [3.8, 4) is 0 Å². The zero-order valence-electron chi connectivity index (χ0n) is 16.9. The summed E-state index contributed by atoms with van der Waals surface area (Å²) in [5, 5.41) is 3.30. The molecule has 0 atom stereocenters. The summed E-state index contributed by atoms with van der Waals surface area (Å²) in [5.41, 5.74) is 1.71. The molecule has 1 aliphatic heterocycles. The fourth-order valence-corrected chi connectivity index (χ4v) is 3.54. The van der Waals surface area contributed by atoms with Gasteiger partial charge < -0.3 is 15.1 Å². The zero-order chi connectivity index (χ0) is 21.3. The number of nitrogens with zero attached hydrogens (tertiary/aromatic N) is 2. The van der Waals surface area contributed by atoms with Crippen LogP contribution in [0.1, 0.15) is 29.6 Å². The Morgan fingerprint density at radius 2 is 1.50 bits per heavy atom. The minimum Gasteiger partial charge on any atom is -0.368 e. The predicted octanol–water partition coefficient (Wildman–Crippen LogP) is 3.16. The number of carbonyl (C=O) groups is 3. The van der Waals surface area contributed by atoms with Crippen LogP contribution < -0.4 is 10.2 Å². The van der Waals surface area contributed by atoms with E-state index in [-0.39, 0.29) is 43.4 Å². The van der Waals surface area contributed by atoms with Crippen molar-refractivity contribution >= 4 is 34.9 Å². The summed E-state index contributed by atoms with van der Waals surface area (Å²) < 4.78 is 0. The van der Waals surface area contributed by atoms with Crippen molar-refractivity contribution in [2.24, 2.45) is 0 Å². The van der Waals surface area contributed by atoms with Gasteiger partial charge in [-0.3, -0.25) is 14.4 Å². The van der Waals surface area contributed by atoms with Gasteiger partial charge in [-0.1, -0.05) is 29.8 Å². The third-order valence-corrected chi connectivity index (χ3v) is 5.41. The van der Waals surface area contributed by atoms with Gasteiger partial charge in [-0.15, -0.1) is 0 Å². The highest BCUT2D eigenvalue weighted by atomic mass is 35.5. The normalized spacial score (nSPS) is 13.8. The van der Waals surface area contributed by atoms with Gasteiger partial charge >= 0.3 is 0 Å². The monoisotopic (exact) mass is 427 g/mol. The number of amides is 2. The van der Waals surface area contributed by atoms with Crippen molar-refractivity contribution in [2.45, 2.75) is 19.3 Å². The molecular formula is C23H26ClN3O3. The number of hydrogen-bond donors (Lipinski definition) is 1. The van der Waals surface area contributed by atoms with E-state index in [2.05, 4.69) is 22.3 Å². The molecule has 0 radical (unpaired) electrons. The fraction of sp³-hybridized carbons (Fsp3) is 0.348. The molecule has 3 rings (SSSR count). The van der Waals surface area contributed by atoms with Crippen LogP contribution in [0.2, 0.25) is 5.02 Å². The molecule has 1 saturated heterocycles. The smallest absolute Gasteiger partial charge is 0.224 e. The maximum absolute atomic E-state index is 12.4. The first-order valence-corrected chi connectivity index (χ1v) is 10.5. The average molecular weight is 428 g/mol. The van der Waals surface area contributed by atoms with Crippen molar-refractivity contribution in [2.75, 3.05) is 37.6 Å². The average Bonchev–Trinajstić information content (AvgIpc) is 2.78. The Morgan fingerprint density at radius 1 is 0.833 bits per heavy atom. The van der Waals surface area contributed by atoms with E-state index in [1.165, 1.54) is 5.69 Å². The van der Waals surface area contributed by atoms with Crippen molar-refractivity contribution in [1.82, 2.24) is 10.2 Å². The van der Waals surface area contributed by atoms with Gasteiger partial charge in [-0.25, -0.2) is 0 Å². The number of halogens is 1. The molecule has 1 fully saturated rings. The zero-order valence-corrected chi connectivity index (χ0v) is 17.6. The van der Waals surface area contributed by atoms with Crippen molar-refractivity contribution < 1.29 is 14.4 Å². The Labute approximate surface area is 181 Å². The molecule has 158 valence electrons. The Morgan fingerprint density at radius 3 is 2.17 bits per heavy atom. The van der Waals surface area contributed by atoms with Crippen LogP contribution in [0, 0.1) is 0 Å². The van der Waals surface area contributed by atoms with Crippen LogP contribution in [-0.2, 0) is 9.59 Å². The molecule has 1 aliphatic rings. The van der Waals surface area contributed by atoms with Crippen molar-refractivity contribution in [1.29, 1.82) is 0 Å². The highest BCUT2D eigenvalue weighted by Gasteiger charge is 2.21. The SMILES string of the molecule is O=C(CCC(=O)c1ccc(Cl)cc1)NCCC(=O)N1CCN(c2ccccc2)CC1. The molecule has 7 heteroatoms. The summed E-state index contributed by atoms with van der Waals surface area (Å²) in [6, 6.07) is 16.8. The number of piperazine rings is 1. The molecule has 2 aromatic carbocycles. The molecule has 0 aromatic heterocycles. The molecule has 2 amide bonds. The van der Waals surface area contributed by atoms with E-state index in [0.717, 1.165) is 13.1 Å². The summed E-state index contributed by atoms with van der Waals surface area (Å²) in [7, 11) is 0. The standard InChI is InChI=1S/C23H26ClN3O3/c24-19-8-6-18(7-9-19)21(28)10-11-22(29)25-13-12-23(30)27-16-14-26(15-17-27)20-4-2-1-3-5-20/h1-9H,10-17H2,(H,25,29). The maximum atomic E-state index is 12.4. The van der Waals surface area contributed by atoms with E-state index in [9.17, 15) is 14.4 Å². The molecule has 2 aromatic rings. The van der Waals surface area contributed by atoms with E-state index < -0.39 is 0 Å². The van der Waals surface area contributed by atoms with Gasteiger partial charge in [-0.2, -0.15) is 0 Å². The first-order chi connectivity index (χ1) is 14.5. The van der Waals surface area contributed by atoms with Crippen LogP contribution in [0.25, 0.3) is 0 Å². The summed E-state index contributed by atoms with van der Waals surface area (Å²) in [6.07, 6.45) is 0.496. The number of benzene rings is 2. The molecule has 30 heavy (non-hydrogen) atoms. The summed E-state index contributed by atoms with van der Waals surface area (Å²) in [6.45, 7) is 3.24. The van der Waals surface area contributed by atoms with Gasteiger partial charge in [0.1, 0.15) is 0 Å². The minimum atomic E-state index is -0.223. The first-order valence-electron chi connectivity index (χ1n) is 10.2. The lowest BCUT2D eigenvalue weighted by Crippen LogP contribution is -2.49. The maximum Gasteiger partial charge on any atom is 0.224 e. The number of Topliss-reactive ketones (excluding diaryl/α,β-unsaturated/α-hetero) is 1. The van der Waals surface area contributed by atoms with Crippen LogP contribution >= 0.6 is 11.6 Å². The van der Waals surface area contributed by atoms with Crippen molar-refractivity contribution in [3.05, 3.63) is 65.2 Å². The molecule has 6 nitrogen and oxygen atoms in total. The van der Waals surface area contributed by atoms with Crippen molar-refractivity contribution in [3.63, 3.8) is 0 Å². The topological polar surface area (TPSA) is 69.7 Å². The third-order valence-electron chi connectivity index (χ3n) is 5.16. The number of hydrogen-bond acceptors (Lipinski definition) is 4. The number of ketones is 1. The lowest BCUT2D eigenvalue weighted by molar-refractivity contribution is -0.131. The molecule has 0 aliphatic carbocycles. The predicted molar refractivity (Wildman–Crippen MR) is 118 cm³/mol. The molecule has 0 spiro atoms. The molecule has 0 bridgehead atoms. The van der Waals surface area contributed by atoms with E-state index in [1.807, 2.05) is 23.1 Å². The molecule has 0 saturated carbocycles. The summed E-state index contributed by atoms with van der Waals surface area (Å²) in [4.78, 5) is 40.6. The van der Waals surface area contributed by atoms with E-state index >= 15 is 0 Å². The quantitative estimate of drug-likeness (QED) is 0.657. The number of anilines is 1. The van der Waals surface area contributed by atoms with Crippen LogP contribution in [0.3, 0.4) is 0 Å². The number of rotatable bonds is 8. The van der Waals surface area contributed by atoms with E-state index in [4.69, 9.17) is 11.6 Å². The highest BCUT2D eigenvalue weighted by Crippen LogP contribution is 2.16. The van der Waals surface area contributed by atoms with Gasteiger partial charge in [-0.05, 0) is 36.4 Å². The molecular weight excluding hydrogens is 402 g/mol. The second-order valence-electron chi connectivity index (χ2n) is 7.23. The Balaban J connectivity index is 1.32. The van der Waals surface area contributed by atoms with Gasteiger partial charge in [0.25, 0.3) is 0 Å². The van der Waals surface area contributed by atoms with Crippen LogP contribution in [0.4, 0.5) is 5.69 Å². The van der Waals surface area contributed by atoms with Gasteiger partial charge in [0, 0.05) is 68.3 Å². The molecule has 1 N–H and O–H groups in total. The van der Waals surface area contributed by atoms with Crippen LogP contribution in [-0.4, -0.2) is 55.2 Å². The third kappa shape index (κ3) is 6.32. The number of carbonyl (C=O) groups excluding carboxylic acids is 3. The molecule has 0 unspecified atom stereocenters. The largest absolute Gasteiger partial charge is 0.368 e. The van der Waals surface area contributed by atoms with E-state index in [1.54, 1.807) is 24.3 Å². The van der Waals surface area contributed by atoms with Gasteiger partial charge in [0.05, 0.1) is 0 Å². The molecule has 1 heterocycles. The minimum absolute atomic E-state index is 0.0419. The van der Waals surface area contributed by atoms with Gasteiger partial charge in [0.2, 0.25) is 11.8 Å². The van der Waals surface area contributed by atoms with Crippen LogP contribution in [0.15, 0.2) is 54.6 Å². The fourth-order valence-electron chi connectivity index (χ4n) is 3.42. The summed E-state index contributed by atoms with van der Waals surface area (Å²) >= 11 is 5.81. The Kier molecular flexibility index (Phi) is 7.85. The second kappa shape index (κ2) is 10.8. The lowest BCUT2D eigenvalue weighted by atomic mass is 10.1. The lowest BCUT2D eigenvalue weighted by Gasteiger charge is -2.36. The van der Waals surface area contributed by atoms with Gasteiger partial charge in [0.15, 0.2) is 5.78 Å². The Bertz CT molecular complexity index is 863. The Hall–Kier alpha value is -2.86.